The van der Waals surface area contributed by atoms with Crippen molar-refractivity contribution in [3.05, 3.63) is 0 Å². The van der Waals surface area contributed by atoms with Crippen LogP contribution in [0.1, 0.15) is 6.92 Å². The molecular formula is C6H13N3O3. The minimum atomic E-state index is -0.384. The van der Waals surface area contributed by atoms with Gasteiger partial charge in [-0.1, -0.05) is 0 Å². The molecule has 0 aliphatic heterocycles. The average molecular weight is 175 g/mol. The van der Waals surface area contributed by atoms with Gasteiger partial charge in [0.25, 0.3) is 0 Å². The van der Waals surface area contributed by atoms with Gasteiger partial charge in [-0.15, -0.1) is 5.10 Å². The highest BCUT2D eigenvalue weighted by Gasteiger charge is 1.98. The molecule has 6 heteroatoms. The zero-order valence-corrected chi connectivity index (χ0v) is 7.16. The summed E-state index contributed by atoms with van der Waals surface area (Å²) in [6.07, 6.45) is 0. The van der Waals surface area contributed by atoms with Gasteiger partial charge in [-0.3, -0.25) is 10.2 Å². The number of amidine groups is 1. The molecule has 0 aliphatic rings. The highest BCUT2D eigenvalue weighted by Crippen LogP contribution is 1.75. The minimum Gasteiger partial charge on any atom is -0.468 e. The number of hydrogen-bond donors (Lipinski definition) is 2. The third-order valence-corrected chi connectivity index (χ3v) is 0.927. The van der Waals surface area contributed by atoms with Gasteiger partial charge in [0.15, 0.2) is 0 Å². The molecule has 0 radical (unpaired) electrons. The van der Waals surface area contributed by atoms with Gasteiger partial charge in [0.1, 0.15) is 6.54 Å². The van der Waals surface area contributed by atoms with E-state index in [1.807, 2.05) is 0 Å². The van der Waals surface area contributed by atoms with E-state index in [4.69, 9.17) is 5.73 Å². The molecule has 0 aromatic heterocycles. The van der Waals surface area contributed by atoms with Gasteiger partial charge < -0.3 is 15.2 Å². The zero-order valence-electron chi connectivity index (χ0n) is 7.16. The number of carbonyl (C=O) groups is 1. The molecule has 0 aromatic rings. The van der Waals surface area contributed by atoms with Crippen LogP contribution >= 0.6 is 0 Å². The molecule has 70 valence electrons. The molecule has 12 heavy (non-hydrogen) atoms. The fourth-order valence-corrected chi connectivity index (χ4v) is 0.440. The van der Waals surface area contributed by atoms with Gasteiger partial charge in [-0.2, -0.15) is 0 Å². The number of rotatable bonds is 4. The quantitative estimate of drug-likeness (QED) is 0.248. The van der Waals surface area contributed by atoms with Gasteiger partial charge >= 0.3 is 12.0 Å². The molecule has 0 saturated heterocycles. The number of hydrogen-bond acceptors (Lipinski definition) is 5. The van der Waals surface area contributed by atoms with Crippen LogP contribution in [0.3, 0.4) is 0 Å². The van der Waals surface area contributed by atoms with Crippen LogP contribution in [0, 0.1) is 0 Å². The van der Waals surface area contributed by atoms with Crippen LogP contribution in [0.5, 0.6) is 0 Å². The first-order valence-electron chi connectivity index (χ1n) is 3.46. The zero-order chi connectivity index (χ0) is 9.40. The minimum absolute atomic E-state index is 0.0160. The van der Waals surface area contributed by atoms with Crippen LogP contribution in [0.25, 0.3) is 0 Å². The van der Waals surface area contributed by atoms with Crippen LogP contribution in [0.2, 0.25) is 0 Å². The number of hydrazone groups is 1. The molecule has 0 amide bonds. The normalized spacial score (nSPS) is 10.7. The number of carbonyl (C=O) groups excluding carboxylic acids is 1. The Morgan fingerprint density at radius 3 is 2.83 bits per heavy atom. The van der Waals surface area contributed by atoms with Crippen molar-refractivity contribution < 1.29 is 14.3 Å². The molecule has 3 N–H and O–H groups in total. The van der Waals surface area contributed by atoms with Crippen LogP contribution in [-0.2, 0) is 14.3 Å². The Morgan fingerprint density at radius 1 is 1.67 bits per heavy atom. The smallest absolute Gasteiger partial charge is 0.327 e. The first-order chi connectivity index (χ1) is 5.70. The third kappa shape index (κ3) is 5.33. The molecule has 0 aromatic carbocycles. The Kier molecular flexibility index (Phi) is 5.50. The third-order valence-electron chi connectivity index (χ3n) is 0.927. The summed E-state index contributed by atoms with van der Waals surface area (Å²) >= 11 is 0. The monoisotopic (exact) mass is 175 g/mol. The van der Waals surface area contributed by atoms with Gasteiger partial charge in [-0.05, 0) is 6.92 Å². The van der Waals surface area contributed by atoms with Gasteiger partial charge in [-0.25, -0.2) is 0 Å². The van der Waals surface area contributed by atoms with Crippen molar-refractivity contribution in [2.24, 2.45) is 10.8 Å². The molecule has 0 atom stereocenters. The van der Waals surface area contributed by atoms with Crippen LogP contribution in [-0.4, -0.2) is 32.3 Å². The lowest BCUT2D eigenvalue weighted by atomic mass is 10.7. The lowest BCUT2D eigenvalue weighted by Gasteiger charge is -2.01. The van der Waals surface area contributed by atoms with E-state index in [1.165, 1.54) is 7.11 Å². The Hall–Kier alpha value is -1.46. The molecule has 0 rings (SSSR count). The van der Waals surface area contributed by atoms with Gasteiger partial charge in [0, 0.05) is 0 Å². The topological polar surface area (TPSA) is 85.9 Å². The molecule has 0 heterocycles. The van der Waals surface area contributed by atoms with E-state index in [2.05, 4.69) is 20.0 Å². The van der Waals surface area contributed by atoms with Crippen molar-refractivity contribution in [3.63, 3.8) is 0 Å². The molecular weight excluding hydrogens is 162 g/mol. The van der Waals surface area contributed by atoms with E-state index >= 15 is 0 Å². The maximum atomic E-state index is 10.7. The van der Waals surface area contributed by atoms with E-state index in [0.29, 0.717) is 6.61 Å². The Bertz CT molecular complexity index is 169. The summed E-state index contributed by atoms with van der Waals surface area (Å²) in [7, 11) is 1.38. The van der Waals surface area contributed by atoms with E-state index in [1.54, 1.807) is 6.92 Å². The average Bonchev–Trinajstić information content (AvgIpc) is 2.04. The SMILES string of the molecule is CCOC(=O)CN/N=C(\N)OC. The highest BCUT2D eigenvalue weighted by molar-refractivity contribution is 5.73. The van der Waals surface area contributed by atoms with Crippen LogP contribution in [0.4, 0.5) is 0 Å². The molecule has 6 nitrogen and oxygen atoms in total. The number of nitrogens with zero attached hydrogens (tertiary/aromatic N) is 1. The maximum Gasteiger partial charge on any atom is 0.327 e. The predicted molar refractivity (Wildman–Crippen MR) is 43.3 cm³/mol. The van der Waals surface area contributed by atoms with E-state index in [-0.39, 0.29) is 18.5 Å². The number of esters is 1. The molecule has 0 spiro atoms. The van der Waals surface area contributed by atoms with Crippen LogP contribution < -0.4 is 11.2 Å². The second-order valence-corrected chi connectivity index (χ2v) is 1.79. The predicted octanol–water partition coefficient (Wildman–Crippen LogP) is -0.985. The molecule has 0 unspecified atom stereocenters. The van der Waals surface area contributed by atoms with E-state index in [9.17, 15) is 4.79 Å². The lowest BCUT2D eigenvalue weighted by Crippen LogP contribution is -2.25. The molecule has 0 bridgehead atoms. The summed E-state index contributed by atoms with van der Waals surface area (Å²) in [5, 5.41) is 3.49. The van der Waals surface area contributed by atoms with Crippen molar-refractivity contribution in [1.29, 1.82) is 0 Å². The molecule has 0 fully saturated rings. The Balaban J connectivity index is 3.48. The van der Waals surface area contributed by atoms with E-state index < -0.39 is 0 Å². The van der Waals surface area contributed by atoms with E-state index in [0.717, 1.165) is 0 Å². The van der Waals surface area contributed by atoms with Crippen LogP contribution in [0.15, 0.2) is 5.10 Å². The van der Waals surface area contributed by atoms with Crippen molar-refractivity contribution in [1.82, 2.24) is 5.43 Å². The van der Waals surface area contributed by atoms with Crippen molar-refractivity contribution in [3.8, 4) is 0 Å². The van der Waals surface area contributed by atoms with Gasteiger partial charge in [0.2, 0.25) is 0 Å². The summed E-state index contributed by atoms with van der Waals surface area (Å²) in [6, 6.07) is -0.0284. The summed E-state index contributed by atoms with van der Waals surface area (Å²) < 4.78 is 9.11. The van der Waals surface area contributed by atoms with Crippen molar-refractivity contribution in [2.45, 2.75) is 6.92 Å². The number of methoxy groups -OCH3 is 1. The summed E-state index contributed by atoms with van der Waals surface area (Å²) in [6.45, 7) is 2.06. The fraction of sp³-hybridized carbons (Fsp3) is 0.667. The largest absolute Gasteiger partial charge is 0.468 e. The van der Waals surface area contributed by atoms with Crippen molar-refractivity contribution in [2.75, 3.05) is 20.3 Å². The second-order valence-electron chi connectivity index (χ2n) is 1.79. The summed E-state index contributed by atoms with van der Waals surface area (Å²) in [5.41, 5.74) is 7.53. The maximum absolute atomic E-state index is 10.7. The standard InChI is InChI=1S/C6H13N3O3/c1-3-12-5(10)4-8-9-6(7)11-2/h8H,3-4H2,1-2H3,(H2,7,9). The molecule has 0 aliphatic carbocycles. The first-order valence-corrected chi connectivity index (χ1v) is 3.46. The lowest BCUT2D eigenvalue weighted by molar-refractivity contribution is -0.141. The fourth-order valence-electron chi connectivity index (χ4n) is 0.440. The van der Waals surface area contributed by atoms with Crippen molar-refractivity contribution >= 4 is 12.0 Å². The molecule has 0 saturated carbocycles. The summed E-state index contributed by atoms with van der Waals surface area (Å²) in [5.74, 6) is -0.384. The number of ether oxygens (including phenoxy) is 2. The van der Waals surface area contributed by atoms with Gasteiger partial charge in [0.05, 0.1) is 13.7 Å². The Labute approximate surface area is 70.7 Å². The summed E-state index contributed by atoms with van der Waals surface area (Å²) in [4.78, 5) is 10.7. The number of nitrogens with one attached hydrogen (secondary N) is 1. The number of nitrogens with two attached hydrogens (primary N) is 1. The highest BCUT2D eigenvalue weighted by atomic mass is 16.5. The first kappa shape index (κ1) is 10.5. The second kappa shape index (κ2) is 6.26. The Morgan fingerprint density at radius 2 is 2.33 bits per heavy atom.